The van der Waals surface area contributed by atoms with Crippen molar-refractivity contribution in [3.8, 4) is 0 Å². The molecule has 6 heteroatoms. The number of aryl methyl sites for hydroxylation is 1. The first-order chi connectivity index (χ1) is 10.7. The van der Waals surface area contributed by atoms with E-state index < -0.39 is 10.0 Å². The number of anilines is 1. The van der Waals surface area contributed by atoms with Gasteiger partial charge in [0, 0.05) is 24.7 Å². The van der Waals surface area contributed by atoms with Crippen LogP contribution in [0.25, 0.3) is 0 Å². The second kappa shape index (κ2) is 6.61. The second-order valence-electron chi connectivity index (χ2n) is 6.31. The molecule has 5 nitrogen and oxygen atoms in total. The van der Waals surface area contributed by atoms with Gasteiger partial charge in [-0.2, -0.15) is 4.31 Å². The van der Waals surface area contributed by atoms with Gasteiger partial charge in [-0.1, -0.05) is 20.8 Å². The monoisotopic (exact) mass is 338 g/mol. The molecule has 128 valence electrons. The molecule has 2 unspecified atom stereocenters. The Labute approximate surface area is 139 Å². The van der Waals surface area contributed by atoms with Gasteiger partial charge in [0.1, 0.15) is 0 Å². The zero-order chi connectivity index (χ0) is 17.4. The minimum absolute atomic E-state index is 0.0163. The van der Waals surface area contributed by atoms with Crippen LogP contribution in [0.4, 0.5) is 5.69 Å². The Morgan fingerprint density at radius 3 is 2.30 bits per heavy atom. The number of carbonyl (C=O) groups excluding carboxylic acids is 1. The summed E-state index contributed by atoms with van der Waals surface area (Å²) in [5, 5.41) is 2.91. The first-order valence-electron chi connectivity index (χ1n) is 8.14. The van der Waals surface area contributed by atoms with Crippen LogP contribution in [0.5, 0.6) is 0 Å². The highest BCUT2D eigenvalue weighted by molar-refractivity contribution is 7.89. The molecule has 1 aliphatic carbocycles. The molecule has 1 N–H and O–H groups in total. The van der Waals surface area contributed by atoms with Gasteiger partial charge in [-0.25, -0.2) is 8.42 Å². The fourth-order valence-corrected chi connectivity index (χ4v) is 4.30. The van der Waals surface area contributed by atoms with Crippen LogP contribution in [0, 0.1) is 25.7 Å². The third-order valence-electron chi connectivity index (χ3n) is 4.69. The minimum atomic E-state index is -3.53. The van der Waals surface area contributed by atoms with Crippen molar-refractivity contribution in [2.45, 2.75) is 45.9 Å². The van der Waals surface area contributed by atoms with Crippen molar-refractivity contribution in [1.82, 2.24) is 4.31 Å². The largest absolute Gasteiger partial charge is 0.326 e. The van der Waals surface area contributed by atoms with E-state index in [1.165, 1.54) is 4.31 Å². The van der Waals surface area contributed by atoms with E-state index in [1.807, 2.05) is 34.6 Å². The lowest BCUT2D eigenvalue weighted by Gasteiger charge is -2.20. The van der Waals surface area contributed by atoms with Crippen molar-refractivity contribution in [3.63, 3.8) is 0 Å². The topological polar surface area (TPSA) is 66.5 Å². The Kier molecular flexibility index (Phi) is 5.16. The molecule has 0 bridgehead atoms. The summed E-state index contributed by atoms with van der Waals surface area (Å²) in [5.74, 6) is 0.453. The molecule has 0 aliphatic heterocycles. The zero-order valence-electron chi connectivity index (χ0n) is 14.5. The molecule has 0 heterocycles. The quantitative estimate of drug-likeness (QED) is 0.867. The average molecular weight is 338 g/mol. The van der Waals surface area contributed by atoms with E-state index in [4.69, 9.17) is 0 Å². The van der Waals surface area contributed by atoms with E-state index in [9.17, 15) is 13.2 Å². The summed E-state index contributed by atoms with van der Waals surface area (Å²) in [4.78, 5) is 12.4. The van der Waals surface area contributed by atoms with Crippen LogP contribution in [0.1, 0.15) is 38.3 Å². The van der Waals surface area contributed by atoms with Gasteiger partial charge in [0.05, 0.1) is 4.90 Å². The Bertz CT molecular complexity index is 709. The third-order valence-corrected chi connectivity index (χ3v) is 6.72. The molecule has 1 amide bonds. The van der Waals surface area contributed by atoms with Crippen LogP contribution in [0.15, 0.2) is 17.0 Å². The van der Waals surface area contributed by atoms with Crippen molar-refractivity contribution in [1.29, 1.82) is 0 Å². The van der Waals surface area contributed by atoms with Gasteiger partial charge in [0.25, 0.3) is 0 Å². The molecule has 1 aromatic carbocycles. The molecule has 23 heavy (non-hydrogen) atoms. The number of hydrogen-bond donors (Lipinski definition) is 1. The van der Waals surface area contributed by atoms with Crippen LogP contribution >= 0.6 is 0 Å². The predicted octanol–water partition coefficient (Wildman–Crippen LogP) is 2.93. The van der Waals surface area contributed by atoms with Gasteiger partial charge in [-0.15, -0.1) is 0 Å². The van der Waals surface area contributed by atoms with E-state index >= 15 is 0 Å². The molecule has 1 aliphatic rings. The van der Waals surface area contributed by atoms with E-state index in [-0.39, 0.29) is 16.7 Å². The molecule has 0 spiro atoms. The number of nitrogens with one attached hydrogen (secondary N) is 1. The number of nitrogens with zero attached hydrogens (tertiary/aromatic N) is 1. The maximum atomic E-state index is 12.7. The molecular weight excluding hydrogens is 312 g/mol. The molecule has 0 saturated heterocycles. The summed E-state index contributed by atoms with van der Waals surface area (Å²) >= 11 is 0. The van der Waals surface area contributed by atoms with Gasteiger partial charge >= 0.3 is 0 Å². The maximum absolute atomic E-state index is 12.7. The van der Waals surface area contributed by atoms with Crippen molar-refractivity contribution in [2.24, 2.45) is 11.8 Å². The number of amides is 1. The van der Waals surface area contributed by atoms with E-state index in [1.54, 1.807) is 12.1 Å². The van der Waals surface area contributed by atoms with E-state index in [0.717, 1.165) is 17.5 Å². The number of carbonyl (C=O) groups is 1. The van der Waals surface area contributed by atoms with Gasteiger partial charge in [0.15, 0.2) is 0 Å². The fraction of sp³-hybridized carbons (Fsp3) is 0.588. The third kappa shape index (κ3) is 3.58. The summed E-state index contributed by atoms with van der Waals surface area (Å²) in [7, 11) is -3.53. The smallest absolute Gasteiger partial charge is 0.243 e. The van der Waals surface area contributed by atoms with Crippen LogP contribution < -0.4 is 5.32 Å². The van der Waals surface area contributed by atoms with Crippen molar-refractivity contribution in [2.75, 3.05) is 18.4 Å². The predicted molar refractivity (Wildman–Crippen MR) is 91.9 cm³/mol. The molecule has 1 saturated carbocycles. The van der Waals surface area contributed by atoms with Crippen LogP contribution in [-0.2, 0) is 14.8 Å². The van der Waals surface area contributed by atoms with Crippen molar-refractivity contribution >= 4 is 21.6 Å². The van der Waals surface area contributed by atoms with Gasteiger partial charge in [0.2, 0.25) is 15.9 Å². The van der Waals surface area contributed by atoms with Crippen LogP contribution in [-0.4, -0.2) is 31.7 Å². The zero-order valence-corrected chi connectivity index (χ0v) is 15.3. The number of sulfonamides is 1. The summed E-state index contributed by atoms with van der Waals surface area (Å²) in [6.07, 6.45) is 0.904. The van der Waals surface area contributed by atoms with Crippen molar-refractivity contribution < 1.29 is 13.2 Å². The minimum Gasteiger partial charge on any atom is -0.326 e. The molecule has 1 fully saturated rings. The Hall–Kier alpha value is -1.40. The molecule has 2 rings (SSSR count). The lowest BCUT2D eigenvalue weighted by atomic mass is 10.1. The SMILES string of the molecule is CCN(CC)S(=O)(=O)c1cc(C)c(C)c(NC(=O)C2CC2C)c1. The summed E-state index contributed by atoms with van der Waals surface area (Å²) < 4.78 is 26.8. The van der Waals surface area contributed by atoms with Crippen LogP contribution in [0.2, 0.25) is 0 Å². The average Bonchev–Trinajstić information content (AvgIpc) is 3.21. The standard InChI is InChI=1S/C17H26N2O3S/c1-6-19(7-2)23(21,22)14-8-11(3)13(5)16(10-14)18-17(20)15-9-12(15)4/h8,10,12,15H,6-7,9H2,1-5H3,(H,18,20). The maximum Gasteiger partial charge on any atom is 0.243 e. The molecule has 0 radical (unpaired) electrons. The fourth-order valence-electron chi connectivity index (χ4n) is 2.73. The molecular formula is C17H26N2O3S. The summed E-state index contributed by atoms with van der Waals surface area (Å²) in [6, 6.07) is 3.26. The van der Waals surface area contributed by atoms with Crippen molar-refractivity contribution in [3.05, 3.63) is 23.3 Å². The highest BCUT2D eigenvalue weighted by Gasteiger charge is 2.39. The molecule has 2 atom stereocenters. The highest BCUT2D eigenvalue weighted by Crippen LogP contribution is 2.39. The van der Waals surface area contributed by atoms with E-state index in [2.05, 4.69) is 5.32 Å². The number of benzene rings is 1. The number of rotatable bonds is 6. The van der Waals surface area contributed by atoms with Gasteiger partial charge in [-0.3, -0.25) is 4.79 Å². The molecule has 0 aromatic heterocycles. The van der Waals surface area contributed by atoms with E-state index in [0.29, 0.717) is 24.7 Å². The van der Waals surface area contributed by atoms with Gasteiger partial charge in [-0.05, 0) is 49.4 Å². The normalized spacial score (nSPS) is 20.6. The molecule has 1 aromatic rings. The summed E-state index contributed by atoms with van der Waals surface area (Å²) in [5.41, 5.74) is 2.36. The van der Waals surface area contributed by atoms with Gasteiger partial charge < -0.3 is 5.32 Å². The second-order valence-corrected chi connectivity index (χ2v) is 8.25. The summed E-state index contributed by atoms with van der Waals surface area (Å²) in [6.45, 7) is 10.3. The van der Waals surface area contributed by atoms with Crippen LogP contribution in [0.3, 0.4) is 0 Å². The first kappa shape index (κ1) is 17.9. The number of hydrogen-bond acceptors (Lipinski definition) is 3. The first-order valence-corrected chi connectivity index (χ1v) is 9.58. The Balaban J connectivity index is 2.38. The lowest BCUT2D eigenvalue weighted by molar-refractivity contribution is -0.117. The Morgan fingerprint density at radius 1 is 1.26 bits per heavy atom. The Morgan fingerprint density at radius 2 is 1.83 bits per heavy atom. The lowest BCUT2D eigenvalue weighted by Crippen LogP contribution is -2.30. The highest BCUT2D eigenvalue weighted by atomic mass is 32.2.